The Bertz CT molecular complexity index is 663. The minimum Gasteiger partial charge on any atom is -0.0955 e. The van der Waals surface area contributed by atoms with E-state index in [1.807, 2.05) is 6.92 Å². The smallest absolute Gasteiger partial charge is 0.0150 e. The summed E-state index contributed by atoms with van der Waals surface area (Å²) in [6.45, 7) is 14.5. The lowest BCUT2D eigenvalue weighted by Crippen LogP contribution is -1.89. The number of benzene rings is 2. The molecular weight excluding hydrogens is 272 g/mol. The van der Waals surface area contributed by atoms with E-state index in [0.29, 0.717) is 0 Å². The van der Waals surface area contributed by atoms with Crippen molar-refractivity contribution in [2.24, 2.45) is 0 Å². The van der Waals surface area contributed by atoms with Gasteiger partial charge in [-0.05, 0) is 54.0 Å². The topological polar surface area (TPSA) is 0 Å². The normalized spacial score (nSPS) is 10.4. The lowest BCUT2D eigenvalue weighted by atomic mass is 10.1. The first-order chi connectivity index (χ1) is 9.95. The number of thioether (sulfide) groups is 1. The Morgan fingerprint density at radius 3 is 2.29 bits per heavy atom. The maximum atomic E-state index is 4.22. The summed E-state index contributed by atoms with van der Waals surface area (Å²) in [6, 6.07) is 15.2. The number of aryl methyl sites for hydroxylation is 2. The summed E-state index contributed by atoms with van der Waals surface area (Å²) in [5, 5.41) is 0. The van der Waals surface area contributed by atoms with Gasteiger partial charge in [-0.2, -0.15) is 0 Å². The van der Waals surface area contributed by atoms with Crippen molar-refractivity contribution in [3.05, 3.63) is 82.8 Å². The largest absolute Gasteiger partial charge is 0.0955 e. The van der Waals surface area contributed by atoms with Crippen LogP contribution >= 0.6 is 11.8 Å². The van der Waals surface area contributed by atoms with Gasteiger partial charge in [-0.3, -0.25) is 0 Å². The van der Waals surface area contributed by atoms with E-state index in [-0.39, 0.29) is 0 Å². The van der Waals surface area contributed by atoms with Gasteiger partial charge in [0.2, 0.25) is 0 Å². The van der Waals surface area contributed by atoms with Crippen LogP contribution in [0.5, 0.6) is 0 Å². The van der Waals surface area contributed by atoms with E-state index < -0.39 is 0 Å². The van der Waals surface area contributed by atoms with Gasteiger partial charge in [0.1, 0.15) is 0 Å². The highest BCUT2D eigenvalue weighted by atomic mass is 32.2. The molecule has 0 unspecified atom stereocenters. The Hall–Kier alpha value is -1.73. The highest BCUT2D eigenvalue weighted by Crippen LogP contribution is 2.31. The van der Waals surface area contributed by atoms with E-state index in [4.69, 9.17) is 0 Å². The van der Waals surface area contributed by atoms with Crippen LogP contribution in [-0.2, 0) is 6.42 Å². The summed E-state index contributed by atoms with van der Waals surface area (Å²) in [5.41, 5.74) is 6.20. The van der Waals surface area contributed by atoms with Crippen molar-refractivity contribution in [3.63, 3.8) is 0 Å². The molecule has 108 valence electrons. The monoisotopic (exact) mass is 294 g/mol. The molecule has 2 rings (SSSR count). The number of hydrogen-bond donors (Lipinski definition) is 0. The molecule has 0 spiro atoms. The second-order valence-electron chi connectivity index (χ2n) is 5.56. The fraction of sp³-hybridized carbons (Fsp3) is 0.200. The summed E-state index contributed by atoms with van der Waals surface area (Å²) in [5.74, 6) is 0. The molecule has 0 aromatic heterocycles. The third-order valence-corrected chi connectivity index (χ3v) is 4.54. The zero-order valence-corrected chi connectivity index (χ0v) is 13.9. The summed E-state index contributed by atoms with van der Waals surface area (Å²) in [6.07, 6.45) is 0.897. The predicted molar refractivity (Wildman–Crippen MR) is 95.8 cm³/mol. The molecule has 0 radical (unpaired) electrons. The first kappa shape index (κ1) is 15.7. The second kappa shape index (κ2) is 6.82. The molecule has 0 aliphatic heterocycles. The molecule has 2 aromatic carbocycles. The highest BCUT2D eigenvalue weighted by Gasteiger charge is 2.04. The van der Waals surface area contributed by atoms with Gasteiger partial charge < -0.3 is 0 Å². The number of allylic oxidation sites excluding steroid dienone is 2. The molecule has 0 nitrogen and oxygen atoms in total. The Morgan fingerprint density at radius 2 is 1.67 bits per heavy atom. The summed E-state index contributed by atoms with van der Waals surface area (Å²) in [4.78, 5) is 2.48. The quantitative estimate of drug-likeness (QED) is 0.593. The minimum atomic E-state index is 0.897. The van der Waals surface area contributed by atoms with Gasteiger partial charge in [-0.1, -0.05) is 66.9 Å². The van der Waals surface area contributed by atoms with E-state index >= 15 is 0 Å². The maximum absolute atomic E-state index is 4.22. The van der Waals surface area contributed by atoms with Crippen LogP contribution in [0, 0.1) is 13.8 Å². The molecule has 0 amide bonds. The van der Waals surface area contributed by atoms with Gasteiger partial charge in [0.05, 0.1) is 0 Å². The average molecular weight is 294 g/mol. The molecule has 0 N–H and O–H groups in total. The Morgan fingerprint density at radius 1 is 1.00 bits per heavy atom. The van der Waals surface area contributed by atoms with Crippen molar-refractivity contribution in [2.45, 2.75) is 32.1 Å². The van der Waals surface area contributed by atoms with Crippen molar-refractivity contribution in [1.82, 2.24) is 0 Å². The van der Waals surface area contributed by atoms with Crippen molar-refractivity contribution in [3.8, 4) is 0 Å². The van der Waals surface area contributed by atoms with Crippen LogP contribution in [0.3, 0.4) is 0 Å². The fourth-order valence-electron chi connectivity index (χ4n) is 2.14. The molecule has 0 aliphatic carbocycles. The van der Waals surface area contributed by atoms with Crippen LogP contribution in [0.1, 0.15) is 29.2 Å². The molecule has 0 saturated carbocycles. The van der Waals surface area contributed by atoms with E-state index in [0.717, 1.165) is 12.0 Å². The molecular formula is C20H22S. The number of hydrogen-bond acceptors (Lipinski definition) is 1. The lowest BCUT2D eigenvalue weighted by Gasteiger charge is -2.10. The van der Waals surface area contributed by atoms with Crippen LogP contribution in [0.15, 0.2) is 65.4 Å². The first-order valence-electron chi connectivity index (χ1n) is 7.13. The van der Waals surface area contributed by atoms with E-state index in [9.17, 15) is 0 Å². The summed E-state index contributed by atoms with van der Waals surface area (Å²) >= 11 is 1.78. The molecule has 0 aliphatic rings. The highest BCUT2D eigenvalue weighted by molar-refractivity contribution is 8.03. The Kier molecular flexibility index (Phi) is 5.08. The molecule has 2 aromatic rings. The minimum absolute atomic E-state index is 0.897. The van der Waals surface area contributed by atoms with Gasteiger partial charge in [-0.25, -0.2) is 0 Å². The van der Waals surface area contributed by atoms with Gasteiger partial charge in [0.25, 0.3) is 0 Å². The third kappa shape index (κ3) is 4.37. The molecule has 1 heteroatoms. The van der Waals surface area contributed by atoms with E-state index in [1.165, 1.54) is 32.1 Å². The fourth-order valence-corrected chi connectivity index (χ4v) is 3.17. The Balaban J connectivity index is 2.04. The SMILES string of the molecule is C=C(Cc1ccc(C(=C)C)cc1)Sc1cc(C)ccc1C. The lowest BCUT2D eigenvalue weighted by molar-refractivity contribution is 1.23. The van der Waals surface area contributed by atoms with Crippen molar-refractivity contribution < 1.29 is 0 Å². The zero-order chi connectivity index (χ0) is 15.4. The second-order valence-corrected chi connectivity index (χ2v) is 6.79. The third-order valence-electron chi connectivity index (χ3n) is 3.45. The standard InChI is InChI=1S/C20H22S/c1-14(2)19-10-8-18(9-11-19)13-17(5)21-20-12-15(3)6-7-16(20)4/h6-12H,1,5,13H2,2-4H3. The van der Waals surface area contributed by atoms with E-state index in [1.54, 1.807) is 11.8 Å². The van der Waals surface area contributed by atoms with Crippen LogP contribution in [-0.4, -0.2) is 0 Å². The van der Waals surface area contributed by atoms with Gasteiger partial charge in [0.15, 0.2) is 0 Å². The Labute approximate surface area is 132 Å². The summed E-state index contributed by atoms with van der Waals surface area (Å²) < 4.78 is 0. The molecule has 0 atom stereocenters. The van der Waals surface area contributed by atoms with Crippen LogP contribution in [0.25, 0.3) is 5.57 Å². The molecule has 0 saturated heterocycles. The maximum Gasteiger partial charge on any atom is 0.0150 e. The van der Waals surface area contributed by atoms with Gasteiger partial charge >= 0.3 is 0 Å². The van der Waals surface area contributed by atoms with Crippen LogP contribution in [0.4, 0.5) is 0 Å². The molecule has 0 heterocycles. The van der Waals surface area contributed by atoms with E-state index in [2.05, 4.69) is 69.5 Å². The van der Waals surface area contributed by atoms with Crippen LogP contribution < -0.4 is 0 Å². The zero-order valence-electron chi connectivity index (χ0n) is 13.1. The molecule has 0 fully saturated rings. The summed E-state index contributed by atoms with van der Waals surface area (Å²) in [7, 11) is 0. The number of rotatable bonds is 5. The van der Waals surface area contributed by atoms with Crippen LogP contribution in [0.2, 0.25) is 0 Å². The van der Waals surface area contributed by atoms with Crippen molar-refractivity contribution in [2.75, 3.05) is 0 Å². The average Bonchev–Trinajstić information content (AvgIpc) is 2.43. The molecule has 0 bridgehead atoms. The predicted octanol–water partition coefficient (Wildman–Crippen LogP) is 6.19. The first-order valence-corrected chi connectivity index (χ1v) is 7.95. The van der Waals surface area contributed by atoms with Crippen molar-refractivity contribution in [1.29, 1.82) is 0 Å². The molecule has 21 heavy (non-hydrogen) atoms. The van der Waals surface area contributed by atoms with Gasteiger partial charge in [-0.15, -0.1) is 0 Å². The van der Waals surface area contributed by atoms with Gasteiger partial charge in [0, 0.05) is 11.3 Å². The van der Waals surface area contributed by atoms with Crippen molar-refractivity contribution >= 4 is 17.3 Å².